The Kier molecular flexibility index (Phi) is 4.53. The molecule has 1 fully saturated rings. The van der Waals surface area contributed by atoms with E-state index < -0.39 is 23.4 Å². The van der Waals surface area contributed by atoms with E-state index in [1.54, 1.807) is 6.07 Å². The summed E-state index contributed by atoms with van der Waals surface area (Å²) in [4.78, 5) is 16.0. The largest absolute Gasteiger partial charge is 0.417 e. The first-order chi connectivity index (χ1) is 11.7. The fourth-order valence-electron chi connectivity index (χ4n) is 3.75. The smallest absolute Gasteiger partial charge is 0.391 e. The number of rotatable bonds is 3. The molecular formula is C18H21F3N2O2. The highest BCUT2D eigenvalue weighted by Crippen LogP contribution is 2.38. The summed E-state index contributed by atoms with van der Waals surface area (Å²) in [6.07, 6.45) is -2.88. The van der Waals surface area contributed by atoms with Crippen LogP contribution in [0, 0.1) is 0 Å². The number of H-pyrrole nitrogens is 1. The highest BCUT2D eigenvalue weighted by Gasteiger charge is 2.36. The molecule has 0 saturated carbocycles. The van der Waals surface area contributed by atoms with Gasteiger partial charge in [0, 0.05) is 28.7 Å². The Bertz CT molecular complexity index is 831. The summed E-state index contributed by atoms with van der Waals surface area (Å²) in [7, 11) is 0. The standard InChI is InChI=1S/C18H21F3N2O2/c1-3-16(24)15-7-4-10(2)23(15)11-5-6-14-12(8-11)13(18(19,20)21)9-17(25)22-14/h5-6,8-10,15-16,24H,3-4,7H2,1-2H3,(H,22,25). The number of nitrogens with zero attached hydrogens (tertiary/aromatic N) is 1. The van der Waals surface area contributed by atoms with Gasteiger partial charge in [0.1, 0.15) is 0 Å². The Morgan fingerprint density at radius 3 is 2.68 bits per heavy atom. The molecule has 0 amide bonds. The number of hydrogen-bond donors (Lipinski definition) is 2. The van der Waals surface area contributed by atoms with Crippen LogP contribution in [0.1, 0.15) is 38.7 Å². The van der Waals surface area contributed by atoms with E-state index in [0.29, 0.717) is 18.2 Å². The van der Waals surface area contributed by atoms with Crippen molar-refractivity contribution < 1.29 is 18.3 Å². The summed E-state index contributed by atoms with van der Waals surface area (Å²) in [5.74, 6) is 0. The van der Waals surface area contributed by atoms with Crippen molar-refractivity contribution in [2.75, 3.05) is 4.90 Å². The molecule has 1 aliphatic rings. The number of aliphatic hydroxyl groups is 1. The fraction of sp³-hybridized carbons (Fsp3) is 0.500. The lowest BCUT2D eigenvalue weighted by molar-refractivity contribution is -0.136. The SMILES string of the molecule is CCC(O)C1CCC(C)N1c1ccc2[nH]c(=O)cc(C(F)(F)F)c2c1. The van der Waals surface area contributed by atoms with Crippen molar-refractivity contribution in [1.29, 1.82) is 0 Å². The Morgan fingerprint density at radius 1 is 1.32 bits per heavy atom. The Balaban J connectivity index is 2.15. The highest BCUT2D eigenvalue weighted by molar-refractivity contribution is 5.86. The van der Waals surface area contributed by atoms with Crippen LogP contribution >= 0.6 is 0 Å². The third-order valence-electron chi connectivity index (χ3n) is 5.00. The normalized spacial score (nSPS) is 22.6. The molecule has 2 heterocycles. The van der Waals surface area contributed by atoms with Crippen molar-refractivity contribution in [3.63, 3.8) is 0 Å². The van der Waals surface area contributed by atoms with Gasteiger partial charge in [0.15, 0.2) is 0 Å². The third kappa shape index (κ3) is 3.25. The second-order valence-corrected chi connectivity index (χ2v) is 6.65. The lowest BCUT2D eigenvalue weighted by Crippen LogP contribution is -2.42. The minimum absolute atomic E-state index is 0.0339. The number of benzene rings is 1. The number of aromatic nitrogens is 1. The second-order valence-electron chi connectivity index (χ2n) is 6.65. The summed E-state index contributed by atoms with van der Waals surface area (Å²) in [6.45, 7) is 3.89. The van der Waals surface area contributed by atoms with Crippen molar-refractivity contribution >= 4 is 16.6 Å². The Morgan fingerprint density at radius 2 is 2.04 bits per heavy atom. The van der Waals surface area contributed by atoms with Crippen molar-refractivity contribution in [2.24, 2.45) is 0 Å². The maximum Gasteiger partial charge on any atom is 0.417 e. The molecule has 0 aliphatic carbocycles. The van der Waals surface area contributed by atoms with Crippen LogP contribution in [-0.2, 0) is 6.18 Å². The van der Waals surface area contributed by atoms with Crippen LogP contribution < -0.4 is 10.5 Å². The van der Waals surface area contributed by atoms with Gasteiger partial charge in [-0.25, -0.2) is 0 Å². The summed E-state index contributed by atoms with van der Waals surface area (Å²) in [6, 6.07) is 5.27. The number of alkyl halides is 3. The number of aliphatic hydroxyl groups excluding tert-OH is 1. The molecule has 1 saturated heterocycles. The first kappa shape index (κ1) is 17.8. The van der Waals surface area contributed by atoms with Crippen LogP contribution in [0.5, 0.6) is 0 Å². The van der Waals surface area contributed by atoms with E-state index in [1.807, 2.05) is 18.7 Å². The van der Waals surface area contributed by atoms with Gasteiger partial charge in [-0.2, -0.15) is 13.2 Å². The van der Waals surface area contributed by atoms with Crippen molar-refractivity contribution in [3.05, 3.63) is 40.2 Å². The van der Waals surface area contributed by atoms with Crippen LogP contribution in [0.3, 0.4) is 0 Å². The number of nitrogens with one attached hydrogen (secondary N) is 1. The van der Waals surface area contributed by atoms with Crippen molar-refractivity contribution in [2.45, 2.75) is 57.5 Å². The fourth-order valence-corrected chi connectivity index (χ4v) is 3.75. The molecule has 25 heavy (non-hydrogen) atoms. The molecule has 4 nitrogen and oxygen atoms in total. The average molecular weight is 354 g/mol. The first-order valence-electron chi connectivity index (χ1n) is 8.43. The number of hydrogen-bond acceptors (Lipinski definition) is 3. The Labute approximate surface area is 143 Å². The predicted molar refractivity (Wildman–Crippen MR) is 90.8 cm³/mol. The molecule has 2 N–H and O–H groups in total. The number of halogens is 3. The van der Waals surface area contributed by atoms with Gasteiger partial charge in [-0.1, -0.05) is 6.92 Å². The van der Waals surface area contributed by atoms with Gasteiger partial charge in [0.2, 0.25) is 5.56 Å². The van der Waals surface area contributed by atoms with E-state index in [9.17, 15) is 23.1 Å². The summed E-state index contributed by atoms with van der Waals surface area (Å²) >= 11 is 0. The lowest BCUT2D eigenvalue weighted by atomic mass is 10.0. The average Bonchev–Trinajstić information content (AvgIpc) is 2.93. The summed E-state index contributed by atoms with van der Waals surface area (Å²) < 4.78 is 40.0. The molecule has 136 valence electrons. The van der Waals surface area contributed by atoms with Crippen LogP contribution in [0.4, 0.5) is 18.9 Å². The highest BCUT2D eigenvalue weighted by atomic mass is 19.4. The predicted octanol–water partition coefficient (Wildman–Crippen LogP) is 3.68. The third-order valence-corrected chi connectivity index (χ3v) is 5.00. The van der Waals surface area contributed by atoms with Gasteiger partial charge < -0.3 is 15.0 Å². The van der Waals surface area contributed by atoms with Crippen LogP contribution in [0.25, 0.3) is 10.9 Å². The molecule has 1 aliphatic heterocycles. The number of pyridine rings is 1. The minimum atomic E-state index is -4.61. The van der Waals surface area contributed by atoms with Crippen LogP contribution in [0.15, 0.2) is 29.1 Å². The van der Waals surface area contributed by atoms with E-state index in [1.165, 1.54) is 12.1 Å². The monoisotopic (exact) mass is 354 g/mol. The molecule has 3 unspecified atom stereocenters. The van der Waals surface area contributed by atoms with Crippen LogP contribution in [-0.4, -0.2) is 28.3 Å². The molecule has 7 heteroatoms. The summed E-state index contributed by atoms with van der Waals surface area (Å²) in [5, 5.41) is 10.2. The molecule has 1 aromatic heterocycles. The van der Waals surface area contributed by atoms with Gasteiger partial charge in [-0.05, 0) is 44.4 Å². The van der Waals surface area contributed by atoms with E-state index >= 15 is 0 Å². The maximum atomic E-state index is 13.3. The molecule has 0 bridgehead atoms. The zero-order chi connectivity index (χ0) is 18.4. The lowest BCUT2D eigenvalue weighted by Gasteiger charge is -2.33. The van der Waals surface area contributed by atoms with Gasteiger partial charge in [0.05, 0.1) is 17.7 Å². The zero-order valence-corrected chi connectivity index (χ0v) is 14.1. The molecule has 0 spiro atoms. The molecule has 1 aromatic carbocycles. The van der Waals surface area contributed by atoms with Crippen molar-refractivity contribution in [3.8, 4) is 0 Å². The van der Waals surface area contributed by atoms with Gasteiger partial charge in [-0.15, -0.1) is 0 Å². The van der Waals surface area contributed by atoms with E-state index in [2.05, 4.69) is 4.98 Å². The zero-order valence-electron chi connectivity index (χ0n) is 14.1. The molecule has 0 radical (unpaired) electrons. The van der Waals surface area contributed by atoms with E-state index in [4.69, 9.17) is 0 Å². The molecule has 3 rings (SSSR count). The minimum Gasteiger partial charge on any atom is -0.391 e. The van der Waals surface area contributed by atoms with E-state index in [-0.39, 0.29) is 23.0 Å². The van der Waals surface area contributed by atoms with Crippen LogP contribution in [0.2, 0.25) is 0 Å². The molecule has 3 atom stereocenters. The van der Waals surface area contributed by atoms with E-state index in [0.717, 1.165) is 12.8 Å². The quantitative estimate of drug-likeness (QED) is 0.884. The van der Waals surface area contributed by atoms with Gasteiger partial charge >= 0.3 is 6.18 Å². The first-order valence-corrected chi connectivity index (χ1v) is 8.43. The summed E-state index contributed by atoms with van der Waals surface area (Å²) in [5.41, 5.74) is -0.926. The number of anilines is 1. The number of fused-ring (bicyclic) bond motifs is 1. The second kappa shape index (κ2) is 6.37. The topological polar surface area (TPSA) is 56.3 Å². The van der Waals surface area contributed by atoms with Gasteiger partial charge in [0.25, 0.3) is 0 Å². The Hall–Kier alpha value is -2.02. The molecular weight excluding hydrogens is 333 g/mol. The maximum absolute atomic E-state index is 13.3. The van der Waals surface area contributed by atoms with Crippen molar-refractivity contribution in [1.82, 2.24) is 4.98 Å². The molecule has 2 aromatic rings. The van der Waals surface area contributed by atoms with Gasteiger partial charge in [-0.3, -0.25) is 4.79 Å². The number of aromatic amines is 1.